The van der Waals surface area contributed by atoms with E-state index in [9.17, 15) is 0 Å². The van der Waals surface area contributed by atoms with Crippen LogP contribution < -0.4 is 5.46 Å². The molecular formula is C56H34BCl3N6O2S2. The monoisotopic (exact) mass is 1000 g/mol. The van der Waals surface area contributed by atoms with Crippen molar-refractivity contribution in [2.75, 3.05) is 0 Å². The van der Waals surface area contributed by atoms with Crippen molar-refractivity contribution >= 4 is 154 Å². The highest BCUT2D eigenvalue weighted by Gasteiger charge is 2.22. The Morgan fingerprint density at radius 1 is 0.371 bits per heavy atom. The predicted octanol–water partition coefficient (Wildman–Crippen LogP) is 14.9. The molecular weight excluding hydrogens is 970 g/mol. The number of fused-ring (bicyclic) bond motifs is 12. The first-order valence-electron chi connectivity index (χ1n) is 22.2. The molecule has 2 N–H and O–H groups in total. The second kappa shape index (κ2) is 18.3. The van der Waals surface area contributed by atoms with Gasteiger partial charge < -0.3 is 10.0 Å². The van der Waals surface area contributed by atoms with Crippen LogP contribution in [0.2, 0.25) is 15.3 Å². The Morgan fingerprint density at radius 3 is 1.20 bits per heavy atom. The van der Waals surface area contributed by atoms with Gasteiger partial charge >= 0.3 is 7.12 Å². The number of para-hydroxylation sites is 4. The molecule has 0 amide bonds. The second-order valence-corrected chi connectivity index (χ2v) is 19.6. The quantitative estimate of drug-likeness (QED) is 0.135. The molecule has 6 heterocycles. The lowest BCUT2D eigenvalue weighted by atomic mass is 9.81. The van der Waals surface area contributed by atoms with E-state index in [4.69, 9.17) is 54.8 Å². The molecule has 14 rings (SSSR count). The molecule has 70 heavy (non-hydrogen) atoms. The van der Waals surface area contributed by atoms with Crippen LogP contribution in [0, 0.1) is 0 Å². The molecule has 14 heteroatoms. The molecule has 0 aliphatic carbocycles. The molecule has 0 saturated heterocycles. The Morgan fingerprint density at radius 2 is 0.757 bits per heavy atom. The van der Waals surface area contributed by atoms with Crippen LogP contribution in [0.3, 0.4) is 0 Å². The van der Waals surface area contributed by atoms with E-state index in [0.29, 0.717) is 16.3 Å². The summed E-state index contributed by atoms with van der Waals surface area (Å²) in [5.74, 6) is 2.37. The first-order chi connectivity index (χ1) is 34.3. The van der Waals surface area contributed by atoms with E-state index < -0.39 is 7.12 Å². The van der Waals surface area contributed by atoms with Crippen LogP contribution in [0.4, 0.5) is 0 Å². The zero-order chi connectivity index (χ0) is 47.5. The van der Waals surface area contributed by atoms with E-state index in [2.05, 4.69) is 122 Å². The average Bonchev–Trinajstić information content (AvgIpc) is 4.16. The molecule has 8 aromatic carbocycles. The summed E-state index contributed by atoms with van der Waals surface area (Å²) < 4.78 is 8.48. The molecule has 0 spiro atoms. The normalized spacial score (nSPS) is 11.5. The van der Waals surface area contributed by atoms with Crippen molar-refractivity contribution in [3.8, 4) is 23.0 Å². The molecule has 0 aliphatic heterocycles. The summed E-state index contributed by atoms with van der Waals surface area (Å²) in [6.45, 7) is 0. The number of hydrogen-bond donors (Lipinski definition) is 2. The molecule has 0 fully saturated rings. The van der Waals surface area contributed by atoms with Crippen molar-refractivity contribution in [3.05, 3.63) is 209 Å². The maximum Gasteiger partial charge on any atom is 0.488 e. The van der Waals surface area contributed by atoms with Gasteiger partial charge in [0.25, 0.3) is 0 Å². The molecule has 0 atom stereocenters. The fourth-order valence-corrected chi connectivity index (χ4v) is 12.1. The van der Waals surface area contributed by atoms with Gasteiger partial charge in [0.15, 0.2) is 17.5 Å². The SMILES string of the molecule is Clc1cccc2c1sc1c(-n3c4ccccc4c4ccccc43)nc(-c3ccccc3)nc12.Clc1nc(-n2c3ccccc3c3ccccc32)c2sc3c(Cl)cccc3c2n1.OB(O)c1ccccc1. The van der Waals surface area contributed by atoms with E-state index in [-0.39, 0.29) is 5.28 Å². The Kier molecular flexibility index (Phi) is 11.5. The highest BCUT2D eigenvalue weighted by Crippen LogP contribution is 2.44. The van der Waals surface area contributed by atoms with Crippen molar-refractivity contribution in [3.63, 3.8) is 0 Å². The molecule has 0 saturated carbocycles. The van der Waals surface area contributed by atoms with Gasteiger partial charge in [0.1, 0.15) is 0 Å². The molecule has 336 valence electrons. The molecule has 0 bridgehead atoms. The predicted molar refractivity (Wildman–Crippen MR) is 295 cm³/mol. The number of halogens is 3. The first-order valence-corrected chi connectivity index (χ1v) is 25.0. The third-order valence-electron chi connectivity index (χ3n) is 12.2. The fraction of sp³-hybridized carbons (Fsp3) is 0. The van der Waals surface area contributed by atoms with Gasteiger partial charge in [-0.25, -0.2) is 15.0 Å². The number of aromatic nitrogens is 6. The molecule has 14 aromatic rings. The molecule has 8 nitrogen and oxygen atoms in total. The van der Waals surface area contributed by atoms with Crippen LogP contribution in [0.25, 0.3) is 107 Å². The van der Waals surface area contributed by atoms with Gasteiger partial charge in [0.2, 0.25) is 5.28 Å². The minimum Gasteiger partial charge on any atom is -0.423 e. The van der Waals surface area contributed by atoms with Gasteiger partial charge in [-0.1, -0.05) is 181 Å². The second-order valence-electron chi connectivity index (χ2n) is 16.4. The van der Waals surface area contributed by atoms with Gasteiger partial charge in [-0.2, -0.15) is 4.98 Å². The highest BCUT2D eigenvalue weighted by atomic mass is 35.5. The molecule has 0 aliphatic rings. The largest absolute Gasteiger partial charge is 0.488 e. The molecule has 6 aromatic heterocycles. The summed E-state index contributed by atoms with van der Waals surface area (Å²) in [5, 5.41) is 25.7. The van der Waals surface area contributed by atoms with Gasteiger partial charge in [0.05, 0.1) is 61.9 Å². The van der Waals surface area contributed by atoms with Crippen molar-refractivity contribution in [1.29, 1.82) is 0 Å². The zero-order valence-electron chi connectivity index (χ0n) is 36.6. The minimum absolute atomic E-state index is 0.226. The van der Waals surface area contributed by atoms with E-state index >= 15 is 0 Å². The Labute approximate surface area is 423 Å². The van der Waals surface area contributed by atoms with Gasteiger partial charge in [-0.15, -0.1) is 22.7 Å². The smallest absolute Gasteiger partial charge is 0.423 e. The van der Waals surface area contributed by atoms with Gasteiger partial charge in [-0.3, -0.25) is 9.13 Å². The van der Waals surface area contributed by atoms with Crippen LogP contribution in [0.15, 0.2) is 194 Å². The van der Waals surface area contributed by atoms with Crippen LogP contribution in [-0.4, -0.2) is 46.2 Å². The number of rotatable bonds is 4. The lowest BCUT2D eigenvalue weighted by Gasteiger charge is -2.10. The first kappa shape index (κ1) is 44.1. The van der Waals surface area contributed by atoms with E-state index in [0.717, 1.165) is 84.9 Å². The fourth-order valence-electron chi connectivity index (χ4n) is 9.15. The summed E-state index contributed by atoms with van der Waals surface area (Å²) in [6.07, 6.45) is 0. The topological polar surface area (TPSA) is 102 Å². The van der Waals surface area contributed by atoms with Crippen molar-refractivity contribution < 1.29 is 10.0 Å². The van der Waals surface area contributed by atoms with Crippen molar-refractivity contribution in [2.45, 2.75) is 0 Å². The number of thiophene rings is 2. The third kappa shape index (κ3) is 7.63. The number of benzene rings is 8. The van der Waals surface area contributed by atoms with Crippen LogP contribution >= 0.6 is 57.5 Å². The minimum atomic E-state index is -1.34. The highest BCUT2D eigenvalue weighted by molar-refractivity contribution is 7.27. The summed E-state index contributed by atoms with van der Waals surface area (Å²) in [7, 11) is -1.34. The molecule has 0 radical (unpaired) electrons. The maximum absolute atomic E-state index is 8.58. The van der Waals surface area contributed by atoms with Crippen LogP contribution in [0.5, 0.6) is 0 Å². The Hall–Kier alpha value is -7.19. The third-order valence-corrected chi connectivity index (χ3v) is 15.7. The maximum atomic E-state index is 8.58. The van der Waals surface area contributed by atoms with Crippen LogP contribution in [0.1, 0.15) is 0 Å². The van der Waals surface area contributed by atoms with E-state index in [1.54, 1.807) is 46.9 Å². The summed E-state index contributed by atoms with van der Waals surface area (Å²) in [5.41, 5.74) is 7.71. The lowest BCUT2D eigenvalue weighted by Crippen LogP contribution is -2.29. The Bertz CT molecular complexity index is 4190. The summed E-state index contributed by atoms with van der Waals surface area (Å²) in [6, 6.07) is 64.4. The average molecular weight is 1000 g/mol. The van der Waals surface area contributed by atoms with Crippen molar-refractivity contribution in [2.24, 2.45) is 0 Å². The standard InChI is InChI=1S/C28H16ClN3S.C22H11Cl2N3S.C6H7BO2/c29-21-14-8-13-20-24-26(33-25(20)21)28(31-27(30-24)17-9-2-1-3-10-17)32-22-15-6-4-11-18(22)19-12-5-7-16-23(19)32;23-15-9-5-8-14-18-20(28-19(14)15)21(26-22(24)25-18)27-16-10-3-1-6-12(16)13-7-2-4-11-17(13)27;8-7(9)6-4-2-1-3-5-6/h1-16H;1-11H;1-5,8-9H. The van der Waals surface area contributed by atoms with Crippen LogP contribution in [-0.2, 0) is 0 Å². The lowest BCUT2D eigenvalue weighted by molar-refractivity contribution is 0.426. The zero-order valence-corrected chi connectivity index (χ0v) is 40.5. The summed E-state index contributed by atoms with van der Waals surface area (Å²) >= 11 is 22.7. The van der Waals surface area contributed by atoms with E-state index in [1.165, 1.54) is 21.5 Å². The van der Waals surface area contributed by atoms with Gasteiger partial charge in [0, 0.05) is 37.9 Å². The number of hydrogen-bond acceptors (Lipinski definition) is 8. The van der Waals surface area contributed by atoms with E-state index in [1.807, 2.05) is 66.7 Å². The number of nitrogens with zero attached hydrogens (tertiary/aromatic N) is 6. The Balaban J connectivity index is 0.000000124. The molecule has 0 unspecified atom stereocenters. The summed E-state index contributed by atoms with van der Waals surface area (Å²) in [4.78, 5) is 19.4. The van der Waals surface area contributed by atoms with Gasteiger partial charge in [-0.05, 0) is 53.5 Å². The van der Waals surface area contributed by atoms with Crippen molar-refractivity contribution in [1.82, 2.24) is 29.1 Å².